The predicted molar refractivity (Wildman–Crippen MR) is 149 cm³/mol. The van der Waals surface area contributed by atoms with Crippen LogP contribution in [0, 0.1) is 6.57 Å². The number of rotatable bonds is 8. The van der Waals surface area contributed by atoms with Gasteiger partial charge >= 0.3 is 6.17 Å². The lowest BCUT2D eigenvalue weighted by atomic mass is 9.67. The van der Waals surface area contributed by atoms with Gasteiger partial charge in [0.2, 0.25) is 17.7 Å². The van der Waals surface area contributed by atoms with E-state index in [1.807, 2.05) is 31.2 Å². The van der Waals surface area contributed by atoms with Crippen molar-refractivity contribution in [3.8, 4) is 0 Å². The first-order valence-electron chi connectivity index (χ1n) is 13.6. The normalized spacial score (nSPS) is 18.1. The molecule has 2 heterocycles. The molecule has 1 aliphatic heterocycles. The van der Waals surface area contributed by atoms with Crippen LogP contribution in [0.15, 0.2) is 36.4 Å². The third kappa shape index (κ3) is 5.16. The van der Waals surface area contributed by atoms with Gasteiger partial charge in [-0.25, -0.2) is 6.57 Å². The zero-order valence-corrected chi connectivity index (χ0v) is 23.1. The third-order valence-electron chi connectivity index (χ3n) is 8.16. The summed E-state index contributed by atoms with van der Waals surface area (Å²) < 4.78 is 0. The van der Waals surface area contributed by atoms with Crippen molar-refractivity contribution in [3.05, 3.63) is 87.0 Å². The summed E-state index contributed by atoms with van der Waals surface area (Å²) in [6.07, 6.45) is 2.71. The number of hydrogen-bond donors (Lipinski definition) is 3. The second-order valence-electron chi connectivity index (χ2n) is 10.8. The number of carbonyl (C=O) groups excluding carboxylic acids is 3. The molecule has 0 bridgehead atoms. The number of amides is 3. The topological polar surface area (TPSA) is 166 Å². The van der Waals surface area contributed by atoms with E-state index in [0.29, 0.717) is 49.2 Å². The molecule has 2 atom stereocenters. The Labute approximate surface area is 237 Å². The van der Waals surface area contributed by atoms with Crippen molar-refractivity contribution in [1.82, 2.24) is 30.4 Å². The molecule has 1 aliphatic carbocycles. The van der Waals surface area contributed by atoms with Crippen LogP contribution in [0.4, 0.5) is 0 Å². The molecule has 3 amide bonds. The number of fused-ring (bicyclic) bond motifs is 2. The highest BCUT2D eigenvalue weighted by Gasteiger charge is 2.46. The summed E-state index contributed by atoms with van der Waals surface area (Å²) >= 11 is 0. The van der Waals surface area contributed by atoms with Gasteiger partial charge in [0.05, 0.1) is 19.0 Å². The smallest absolute Gasteiger partial charge is 0.300 e. The minimum atomic E-state index is -0.941. The number of nitrogens with one attached hydrogen (secondary N) is 1. The SMILES string of the molecule is [C-]#[N+][C@@H]1CCCN1C(=O)CN[C@H](C)CC1(c2nnn(C)n2)c2ccc(C(N)=O)cc2CCc2cc(C(N)=O)ccc21. The number of hydrogen-bond acceptors (Lipinski definition) is 7. The van der Waals surface area contributed by atoms with E-state index in [1.165, 1.54) is 4.80 Å². The van der Waals surface area contributed by atoms with Crippen LogP contribution in [0.1, 0.15) is 75.0 Å². The Balaban J connectivity index is 1.61. The van der Waals surface area contributed by atoms with Crippen molar-refractivity contribution in [1.29, 1.82) is 0 Å². The molecule has 0 radical (unpaired) electrons. The van der Waals surface area contributed by atoms with E-state index in [1.54, 1.807) is 24.1 Å². The van der Waals surface area contributed by atoms with E-state index in [2.05, 4.69) is 25.6 Å². The molecule has 41 heavy (non-hydrogen) atoms. The molecule has 12 heteroatoms. The number of nitrogens with zero attached hydrogens (tertiary/aromatic N) is 6. The molecular formula is C29H33N9O3. The fourth-order valence-electron chi connectivity index (χ4n) is 6.23. The minimum absolute atomic E-state index is 0.0815. The number of aryl methyl sites for hydroxylation is 3. The fourth-order valence-corrected chi connectivity index (χ4v) is 6.23. The summed E-state index contributed by atoms with van der Waals surface area (Å²) in [6.45, 7) is 10.1. The summed E-state index contributed by atoms with van der Waals surface area (Å²) in [4.78, 5) is 43.8. The lowest BCUT2D eigenvalue weighted by Crippen LogP contribution is -2.45. The van der Waals surface area contributed by atoms with Crippen LogP contribution in [-0.2, 0) is 30.1 Å². The molecule has 5 rings (SSSR count). The Kier molecular flexibility index (Phi) is 7.55. The van der Waals surface area contributed by atoms with Crippen LogP contribution in [-0.4, -0.2) is 68.1 Å². The lowest BCUT2D eigenvalue weighted by molar-refractivity contribution is -0.130. The van der Waals surface area contributed by atoms with Crippen molar-refractivity contribution in [2.75, 3.05) is 13.1 Å². The minimum Gasteiger partial charge on any atom is -0.366 e. The Bertz CT molecular complexity index is 1490. The zero-order chi connectivity index (χ0) is 29.3. The zero-order valence-electron chi connectivity index (χ0n) is 23.1. The molecular weight excluding hydrogens is 522 g/mol. The van der Waals surface area contributed by atoms with E-state index in [9.17, 15) is 14.4 Å². The quantitative estimate of drug-likeness (QED) is 0.350. The van der Waals surface area contributed by atoms with E-state index in [-0.39, 0.29) is 18.5 Å². The van der Waals surface area contributed by atoms with Gasteiger partial charge in [0.1, 0.15) is 0 Å². The average molecular weight is 556 g/mol. The summed E-state index contributed by atoms with van der Waals surface area (Å²) in [6, 6.07) is 10.6. The fraction of sp³-hybridized carbons (Fsp3) is 0.414. The van der Waals surface area contributed by atoms with E-state index >= 15 is 0 Å². The van der Waals surface area contributed by atoms with Crippen LogP contribution in [0.2, 0.25) is 0 Å². The van der Waals surface area contributed by atoms with Crippen LogP contribution < -0.4 is 16.8 Å². The van der Waals surface area contributed by atoms with Gasteiger partial charge in [-0.3, -0.25) is 24.1 Å². The highest BCUT2D eigenvalue weighted by atomic mass is 16.2. The molecule has 1 saturated heterocycles. The van der Waals surface area contributed by atoms with Gasteiger partial charge < -0.3 is 16.8 Å². The lowest BCUT2D eigenvalue weighted by Gasteiger charge is -2.36. The standard InChI is InChI=1S/C29H33N9O3/c1-17(33-16-25(39)38-12-4-5-24(38)32-2)15-29(28-34-36-37(3)35-28)22-10-8-20(26(30)40)13-18(22)6-7-19-14-21(27(31)41)9-11-23(19)29/h8-11,13-14,17,24,33H,4-7,12,15-16H2,1,3H3,(H2,30,40)(H2,31,41)/t17-,24+/m1/s1. The van der Waals surface area contributed by atoms with Crippen LogP contribution in [0.3, 0.4) is 0 Å². The number of primary amides is 2. The first kappa shape index (κ1) is 27.9. The van der Waals surface area contributed by atoms with Crippen molar-refractivity contribution >= 4 is 17.7 Å². The van der Waals surface area contributed by atoms with Gasteiger partial charge in [0.15, 0.2) is 5.82 Å². The second-order valence-corrected chi connectivity index (χ2v) is 10.8. The molecule has 1 fully saturated rings. The highest BCUT2D eigenvalue weighted by molar-refractivity contribution is 5.94. The van der Waals surface area contributed by atoms with Gasteiger partial charge in [-0.15, -0.1) is 10.2 Å². The van der Waals surface area contributed by atoms with Gasteiger partial charge in [-0.2, -0.15) is 4.80 Å². The van der Waals surface area contributed by atoms with Crippen molar-refractivity contribution in [2.24, 2.45) is 18.5 Å². The maximum Gasteiger partial charge on any atom is 0.300 e. The maximum atomic E-state index is 13.0. The first-order chi connectivity index (χ1) is 19.6. The molecule has 212 valence electrons. The summed E-state index contributed by atoms with van der Waals surface area (Å²) in [5, 5.41) is 16.7. The summed E-state index contributed by atoms with van der Waals surface area (Å²) in [7, 11) is 1.69. The first-order valence-corrected chi connectivity index (χ1v) is 13.6. The number of nitrogens with two attached hydrogens (primary N) is 2. The second kappa shape index (κ2) is 11.1. The van der Waals surface area contributed by atoms with Gasteiger partial charge in [0.25, 0.3) is 0 Å². The number of tetrazole rings is 1. The summed E-state index contributed by atoms with van der Waals surface area (Å²) in [5.74, 6) is -0.708. The van der Waals surface area contributed by atoms with Crippen molar-refractivity contribution in [2.45, 2.75) is 56.7 Å². The number of carbonyl (C=O) groups is 3. The van der Waals surface area contributed by atoms with Gasteiger partial charge in [-0.1, -0.05) is 12.1 Å². The highest BCUT2D eigenvalue weighted by Crippen LogP contribution is 2.47. The monoisotopic (exact) mass is 555 g/mol. The van der Waals surface area contributed by atoms with E-state index in [0.717, 1.165) is 28.7 Å². The van der Waals surface area contributed by atoms with E-state index < -0.39 is 23.4 Å². The number of likely N-dealkylation sites (tertiary alicyclic amines) is 1. The van der Waals surface area contributed by atoms with Crippen LogP contribution in [0.25, 0.3) is 4.85 Å². The Hall–Kier alpha value is -4.63. The molecule has 0 saturated carbocycles. The Morgan fingerprint density at radius 3 is 2.22 bits per heavy atom. The van der Waals surface area contributed by atoms with Crippen molar-refractivity contribution < 1.29 is 14.4 Å². The third-order valence-corrected chi connectivity index (χ3v) is 8.16. The Morgan fingerprint density at radius 2 is 1.71 bits per heavy atom. The van der Waals surface area contributed by atoms with Crippen LogP contribution >= 0.6 is 0 Å². The number of benzene rings is 2. The Morgan fingerprint density at radius 1 is 1.10 bits per heavy atom. The average Bonchev–Trinajstić information content (AvgIpc) is 3.60. The molecule has 5 N–H and O–H groups in total. The molecule has 0 spiro atoms. The molecule has 2 aromatic carbocycles. The molecule has 1 aromatic heterocycles. The van der Waals surface area contributed by atoms with Gasteiger partial charge in [-0.05, 0) is 84.3 Å². The summed E-state index contributed by atoms with van der Waals surface area (Å²) in [5.41, 5.74) is 14.7. The molecule has 12 nitrogen and oxygen atoms in total. The molecule has 0 unspecified atom stereocenters. The van der Waals surface area contributed by atoms with Crippen LogP contribution in [0.5, 0.6) is 0 Å². The largest absolute Gasteiger partial charge is 0.366 e. The van der Waals surface area contributed by atoms with Gasteiger partial charge in [0, 0.05) is 30.1 Å². The van der Waals surface area contributed by atoms with E-state index in [4.69, 9.17) is 18.0 Å². The van der Waals surface area contributed by atoms with Crippen molar-refractivity contribution in [3.63, 3.8) is 0 Å². The molecule has 2 aliphatic rings. The predicted octanol–water partition coefficient (Wildman–Crippen LogP) is 1.08. The maximum absolute atomic E-state index is 13.0. The molecule has 3 aromatic rings. The number of aromatic nitrogens is 4.